The number of nitrogens with zero attached hydrogens (tertiary/aromatic N) is 1. The Bertz CT molecular complexity index is 482. The van der Waals surface area contributed by atoms with Gasteiger partial charge in [-0.1, -0.05) is 30.7 Å². The van der Waals surface area contributed by atoms with Gasteiger partial charge in [-0.15, -0.1) is 0 Å². The largest absolute Gasteiger partial charge is 0.330 e. The number of unbranched alkanes of at least 4 members (excludes halogenated alkanes) is 2. The zero-order valence-electron chi connectivity index (χ0n) is 10.7. The quantitative estimate of drug-likeness (QED) is 0.734. The maximum absolute atomic E-state index is 5.46. The van der Waals surface area contributed by atoms with Crippen LogP contribution in [0.2, 0.25) is 0 Å². The van der Waals surface area contributed by atoms with E-state index in [0.29, 0.717) is 0 Å². The van der Waals surface area contributed by atoms with E-state index in [9.17, 15) is 0 Å². The number of nitrogens with one attached hydrogen (secondary N) is 1. The number of nitrogens with two attached hydrogens (primary N) is 1. The van der Waals surface area contributed by atoms with Gasteiger partial charge in [0.1, 0.15) is 0 Å². The van der Waals surface area contributed by atoms with Crippen LogP contribution in [-0.2, 0) is 6.54 Å². The summed E-state index contributed by atoms with van der Waals surface area (Å²) >= 11 is 0. The topological polar surface area (TPSA) is 50.9 Å². The fraction of sp³-hybridized carbons (Fsp3) is 0.400. The number of hydrogen-bond acceptors (Lipinski definition) is 3. The Kier molecular flexibility index (Phi) is 5.12. The van der Waals surface area contributed by atoms with Gasteiger partial charge < -0.3 is 11.1 Å². The maximum Gasteiger partial charge on any atom is 0.0705 e. The van der Waals surface area contributed by atoms with Gasteiger partial charge in [0.25, 0.3) is 0 Å². The molecule has 0 bridgehead atoms. The Morgan fingerprint density at radius 2 is 1.89 bits per heavy atom. The van der Waals surface area contributed by atoms with Crippen molar-refractivity contribution >= 4 is 10.9 Å². The van der Waals surface area contributed by atoms with Crippen molar-refractivity contribution in [1.29, 1.82) is 0 Å². The van der Waals surface area contributed by atoms with Gasteiger partial charge in [-0.05, 0) is 38.1 Å². The minimum absolute atomic E-state index is 0.798. The zero-order valence-corrected chi connectivity index (χ0v) is 10.7. The van der Waals surface area contributed by atoms with Crippen LogP contribution in [0.3, 0.4) is 0 Å². The van der Waals surface area contributed by atoms with Crippen LogP contribution in [0, 0.1) is 0 Å². The van der Waals surface area contributed by atoms with E-state index in [1.54, 1.807) is 0 Å². The standard InChI is InChI=1S/C15H21N3/c16-10-4-1-5-11-17-12-14-9-8-13-6-2-3-7-15(13)18-14/h2-3,6-9,17H,1,4-5,10-12,16H2. The molecule has 3 N–H and O–H groups in total. The molecule has 0 atom stereocenters. The highest BCUT2D eigenvalue weighted by Crippen LogP contribution is 2.11. The number of hydrogen-bond donors (Lipinski definition) is 2. The molecule has 0 aliphatic rings. The van der Waals surface area contributed by atoms with Crippen molar-refractivity contribution in [2.24, 2.45) is 5.73 Å². The summed E-state index contributed by atoms with van der Waals surface area (Å²) in [5.74, 6) is 0. The lowest BCUT2D eigenvalue weighted by molar-refractivity contribution is 0.602. The summed E-state index contributed by atoms with van der Waals surface area (Å²) in [6, 6.07) is 12.4. The molecule has 0 amide bonds. The van der Waals surface area contributed by atoms with Crippen LogP contribution in [0.5, 0.6) is 0 Å². The lowest BCUT2D eigenvalue weighted by Crippen LogP contribution is -2.15. The lowest BCUT2D eigenvalue weighted by atomic mass is 10.2. The van der Waals surface area contributed by atoms with Crippen molar-refractivity contribution in [2.75, 3.05) is 13.1 Å². The van der Waals surface area contributed by atoms with Gasteiger partial charge in [0.2, 0.25) is 0 Å². The fourth-order valence-corrected chi connectivity index (χ4v) is 1.99. The molecule has 3 heteroatoms. The SMILES string of the molecule is NCCCCCNCc1ccc2ccccc2n1. The van der Waals surface area contributed by atoms with Crippen LogP contribution in [-0.4, -0.2) is 18.1 Å². The van der Waals surface area contributed by atoms with Crippen LogP contribution in [0.1, 0.15) is 25.0 Å². The molecular formula is C15H21N3. The maximum atomic E-state index is 5.46. The number of rotatable bonds is 7. The molecule has 0 saturated heterocycles. The average molecular weight is 243 g/mol. The molecule has 2 rings (SSSR count). The van der Waals surface area contributed by atoms with Crippen LogP contribution in [0.4, 0.5) is 0 Å². The van der Waals surface area contributed by atoms with Gasteiger partial charge in [-0.2, -0.15) is 0 Å². The van der Waals surface area contributed by atoms with Gasteiger partial charge >= 0.3 is 0 Å². The van der Waals surface area contributed by atoms with E-state index in [2.05, 4.69) is 34.6 Å². The Morgan fingerprint density at radius 3 is 2.78 bits per heavy atom. The molecule has 1 aromatic carbocycles. The Hall–Kier alpha value is -1.45. The van der Waals surface area contributed by atoms with E-state index < -0.39 is 0 Å². The van der Waals surface area contributed by atoms with Gasteiger partial charge in [0.15, 0.2) is 0 Å². The predicted octanol–water partition coefficient (Wildman–Crippen LogP) is 2.45. The van der Waals surface area contributed by atoms with Gasteiger partial charge in [-0.25, -0.2) is 0 Å². The van der Waals surface area contributed by atoms with Crippen LogP contribution in [0.25, 0.3) is 10.9 Å². The van der Waals surface area contributed by atoms with Crippen molar-refractivity contribution in [3.05, 3.63) is 42.1 Å². The Balaban J connectivity index is 1.81. The van der Waals surface area contributed by atoms with Gasteiger partial charge in [-0.3, -0.25) is 4.98 Å². The van der Waals surface area contributed by atoms with Crippen LogP contribution in [0.15, 0.2) is 36.4 Å². The molecule has 18 heavy (non-hydrogen) atoms. The third kappa shape index (κ3) is 3.79. The monoisotopic (exact) mass is 243 g/mol. The van der Waals surface area contributed by atoms with E-state index in [1.807, 2.05) is 12.1 Å². The number of para-hydroxylation sites is 1. The first-order valence-electron chi connectivity index (χ1n) is 6.65. The second kappa shape index (κ2) is 7.09. The van der Waals surface area contributed by atoms with E-state index in [-0.39, 0.29) is 0 Å². The van der Waals surface area contributed by atoms with Crippen molar-refractivity contribution < 1.29 is 0 Å². The van der Waals surface area contributed by atoms with E-state index in [1.165, 1.54) is 18.2 Å². The summed E-state index contributed by atoms with van der Waals surface area (Å²) < 4.78 is 0. The number of aromatic nitrogens is 1. The van der Waals surface area contributed by atoms with Crippen LogP contribution < -0.4 is 11.1 Å². The molecule has 96 valence electrons. The zero-order chi connectivity index (χ0) is 12.6. The van der Waals surface area contributed by atoms with Crippen LogP contribution >= 0.6 is 0 Å². The highest BCUT2D eigenvalue weighted by atomic mass is 14.9. The van der Waals surface area contributed by atoms with E-state index in [4.69, 9.17) is 5.73 Å². The molecule has 0 saturated carbocycles. The second-order valence-electron chi connectivity index (χ2n) is 4.52. The smallest absolute Gasteiger partial charge is 0.0705 e. The molecule has 0 spiro atoms. The predicted molar refractivity (Wildman–Crippen MR) is 76.4 cm³/mol. The summed E-state index contributed by atoms with van der Waals surface area (Å²) in [4.78, 5) is 4.63. The first kappa shape index (κ1) is 13.0. The molecule has 2 aromatic rings. The van der Waals surface area contributed by atoms with Gasteiger partial charge in [0.05, 0.1) is 11.2 Å². The summed E-state index contributed by atoms with van der Waals surface area (Å²) in [7, 11) is 0. The first-order chi connectivity index (χ1) is 8.90. The Labute approximate surface area is 108 Å². The third-order valence-corrected chi connectivity index (χ3v) is 3.02. The van der Waals surface area contributed by atoms with Gasteiger partial charge in [0, 0.05) is 11.9 Å². The molecule has 0 aliphatic heterocycles. The summed E-state index contributed by atoms with van der Waals surface area (Å²) in [5, 5.41) is 4.62. The van der Waals surface area contributed by atoms with E-state index in [0.717, 1.165) is 37.3 Å². The van der Waals surface area contributed by atoms with Crippen molar-refractivity contribution in [2.45, 2.75) is 25.8 Å². The summed E-state index contributed by atoms with van der Waals surface area (Å²) in [5.41, 5.74) is 7.63. The van der Waals surface area contributed by atoms with Crippen molar-refractivity contribution in [3.8, 4) is 0 Å². The molecule has 1 heterocycles. The fourth-order valence-electron chi connectivity index (χ4n) is 1.99. The molecule has 0 unspecified atom stereocenters. The molecule has 0 radical (unpaired) electrons. The molecule has 0 fully saturated rings. The molecule has 0 aliphatic carbocycles. The number of fused-ring (bicyclic) bond motifs is 1. The number of benzene rings is 1. The summed E-state index contributed by atoms with van der Waals surface area (Å²) in [6.45, 7) is 2.67. The lowest BCUT2D eigenvalue weighted by Gasteiger charge is -2.05. The van der Waals surface area contributed by atoms with Crippen molar-refractivity contribution in [3.63, 3.8) is 0 Å². The molecular weight excluding hydrogens is 222 g/mol. The first-order valence-corrected chi connectivity index (χ1v) is 6.65. The second-order valence-corrected chi connectivity index (χ2v) is 4.52. The highest BCUT2D eigenvalue weighted by Gasteiger charge is 1.97. The Morgan fingerprint density at radius 1 is 1.00 bits per heavy atom. The van der Waals surface area contributed by atoms with Crippen molar-refractivity contribution in [1.82, 2.24) is 10.3 Å². The third-order valence-electron chi connectivity index (χ3n) is 3.02. The molecule has 1 aromatic heterocycles. The average Bonchev–Trinajstić information content (AvgIpc) is 2.42. The van der Waals surface area contributed by atoms with E-state index >= 15 is 0 Å². The normalized spacial score (nSPS) is 10.9. The highest BCUT2D eigenvalue weighted by molar-refractivity contribution is 5.78. The minimum atomic E-state index is 0.798. The molecule has 3 nitrogen and oxygen atoms in total. The minimum Gasteiger partial charge on any atom is -0.330 e. The summed E-state index contributed by atoms with van der Waals surface area (Å²) in [6.07, 6.45) is 3.51. The number of pyridine rings is 1.